The first-order valence-electron chi connectivity index (χ1n) is 10.5. The summed E-state index contributed by atoms with van der Waals surface area (Å²) < 4.78 is 0. The van der Waals surface area contributed by atoms with Gasteiger partial charge in [0.2, 0.25) is 0 Å². The van der Waals surface area contributed by atoms with Gasteiger partial charge in [0.15, 0.2) is 0 Å². The van der Waals surface area contributed by atoms with Crippen molar-refractivity contribution in [2.45, 2.75) is 58.5 Å². The zero-order chi connectivity index (χ0) is 20.8. The van der Waals surface area contributed by atoms with Gasteiger partial charge in [-0.15, -0.1) is 0 Å². The smallest absolute Gasteiger partial charge is 0.255 e. The van der Waals surface area contributed by atoms with Crippen LogP contribution < -0.4 is 16.0 Å². The Morgan fingerprint density at radius 2 is 1.97 bits per heavy atom. The second kappa shape index (κ2) is 7.41. The molecule has 2 aliphatic rings. The van der Waals surface area contributed by atoms with E-state index in [4.69, 9.17) is 5.73 Å². The normalized spacial score (nSPS) is 22.6. The van der Waals surface area contributed by atoms with Crippen molar-refractivity contribution in [2.75, 3.05) is 18.0 Å². The van der Waals surface area contributed by atoms with Crippen molar-refractivity contribution in [1.29, 1.82) is 0 Å². The number of carbonyl (C=O) groups is 1. The quantitative estimate of drug-likeness (QED) is 0.815. The Kier molecular flexibility index (Phi) is 5.07. The monoisotopic (exact) mass is 393 g/mol. The number of carbonyl (C=O) groups excluding carboxylic acids is 1. The van der Waals surface area contributed by atoms with Gasteiger partial charge in [0.25, 0.3) is 5.91 Å². The Morgan fingerprint density at radius 3 is 2.55 bits per heavy atom. The van der Waals surface area contributed by atoms with Crippen LogP contribution in [0.1, 0.15) is 54.9 Å². The van der Waals surface area contributed by atoms with Gasteiger partial charge in [-0.3, -0.25) is 14.8 Å². The van der Waals surface area contributed by atoms with Crippen molar-refractivity contribution in [3.05, 3.63) is 41.5 Å². The van der Waals surface area contributed by atoms with E-state index in [0.717, 1.165) is 41.2 Å². The number of amides is 1. The van der Waals surface area contributed by atoms with Crippen molar-refractivity contribution in [1.82, 2.24) is 15.3 Å². The molecule has 2 aromatic heterocycles. The molecule has 4 rings (SSSR count). The molecule has 0 bridgehead atoms. The molecule has 0 spiro atoms. The lowest BCUT2D eigenvalue weighted by Crippen LogP contribution is -2.40. The van der Waals surface area contributed by atoms with E-state index in [1.807, 2.05) is 20.0 Å². The molecule has 6 heteroatoms. The van der Waals surface area contributed by atoms with Gasteiger partial charge in [-0.1, -0.05) is 0 Å². The number of nitrogens with one attached hydrogen (secondary N) is 1. The van der Waals surface area contributed by atoms with E-state index >= 15 is 0 Å². The summed E-state index contributed by atoms with van der Waals surface area (Å²) >= 11 is 0. The van der Waals surface area contributed by atoms with Gasteiger partial charge >= 0.3 is 0 Å². The standard InChI is InChI=1S/C23H31N5O/c1-14-9-18(10-15(2)26-14)19-11-25-12-20(22(29)27-16(3)17-5-6-17)21(19)28-8-7-23(4,24)13-28/h9-12,16-17H,5-8,13,24H2,1-4H3,(H,27,29)/t16?,23-/m0/s1. The number of nitrogens with two attached hydrogens (primary N) is 1. The van der Waals surface area contributed by atoms with Gasteiger partial charge in [-0.25, -0.2) is 0 Å². The molecule has 2 aromatic rings. The topological polar surface area (TPSA) is 84.1 Å². The highest BCUT2D eigenvalue weighted by molar-refractivity contribution is 6.03. The summed E-state index contributed by atoms with van der Waals surface area (Å²) in [5.74, 6) is 0.546. The van der Waals surface area contributed by atoms with Crippen molar-refractivity contribution < 1.29 is 4.79 Å². The summed E-state index contributed by atoms with van der Waals surface area (Å²) in [7, 11) is 0. The van der Waals surface area contributed by atoms with Crippen LogP contribution in [0.15, 0.2) is 24.5 Å². The predicted octanol–water partition coefficient (Wildman–Crippen LogP) is 3.22. The fraction of sp³-hybridized carbons (Fsp3) is 0.522. The van der Waals surface area contributed by atoms with Gasteiger partial charge in [-0.05, 0) is 70.6 Å². The minimum Gasteiger partial charge on any atom is -0.368 e. The van der Waals surface area contributed by atoms with Gasteiger partial charge in [0.05, 0.1) is 11.3 Å². The van der Waals surface area contributed by atoms with Crippen LogP contribution in [0.3, 0.4) is 0 Å². The van der Waals surface area contributed by atoms with Gasteiger partial charge in [0, 0.05) is 54.0 Å². The Hall–Kier alpha value is -2.47. The lowest BCUT2D eigenvalue weighted by atomic mass is 10.00. The van der Waals surface area contributed by atoms with Gasteiger partial charge in [0.1, 0.15) is 0 Å². The van der Waals surface area contributed by atoms with E-state index in [2.05, 4.69) is 46.2 Å². The molecule has 1 amide bonds. The molecule has 1 aliphatic heterocycles. The van der Waals surface area contributed by atoms with Crippen LogP contribution >= 0.6 is 0 Å². The predicted molar refractivity (Wildman–Crippen MR) is 116 cm³/mol. The number of aromatic nitrogens is 2. The minimum absolute atomic E-state index is 0.0538. The number of rotatable bonds is 5. The average Bonchev–Trinajstić information content (AvgIpc) is 3.43. The lowest BCUT2D eigenvalue weighted by molar-refractivity contribution is 0.0936. The van der Waals surface area contributed by atoms with Crippen LogP contribution in [0.25, 0.3) is 11.1 Å². The van der Waals surface area contributed by atoms with E-state index in [0.29, 0.717) is 18.0 Å². The third kappa shape index (κ3) is 4.27. The summed E-state index contributed by atoms with van der Waals surface area (Å²) in [6, 6.07) is 4.29. The van der Waals surface area contributed by atoms with E-state index in [1.165, 1.54) is 12.8 Å². The van der Waals surface area contributed by atoms with Crippen LogP contribution in [-0.2, 0) is 0 Å². The largest absolute Gasteiger partial charge is 0.368 e. The van der Waals surface area contributed by atoms with Crippen LogP contribution in [-0.4, -0.2) is 40.5 Å². The second-order valence-corrected chi connectivity index (χ2v) is 9.15. The molecular weight excluding hydrogens is 362 g/mol. The van der Waals surface area contributed by atoms with Crippen molar-refractivity contribution in [3.63, 3.8) is 0 Å². The van der Waals surface area contributed by atoms with Crippen molar-refractivity contribution in [3.8, 4) is 11.1 Å². The highest BCUT2D eigenvalue weighted by atomic mass is 16.1. The number of hydrogen-bond donors (Lipinski definition) is 2. The molecule has 1 saturated heterocycles. The first kappa shape index (κ1) is 19.8. The Bertz CT molecular complexity index is 915. The van der Waals surface area contributed by atoms with Crippen LogP contribution in [0.5, 0.6) is 0 Å². The Labute approximate surface area is 172 Å². The number of hydrogen-bond acceptors (Lipinski definition) is 5. The molecule has 1 aliphatic carbocycles. The van der Waals surface area contributed by atoms with Crippen LogP contribution in [0.2, 0.25) is 0 Å². The molecule has 2 fully saturated rings. The molecule has 29 heavy (non-hydrogen) atoms. The summed E-state index contributed by atoms with van der Waals surface area (Å²) in [4.78, 5) is 24.4. The Morgan fingerprint density at radius 1 is 1.28 bits per heavy atom. The number of nitrogens with zero attached hydrogens (tertiary/aromatic N) is 3. The Balaban J connectivity index is 1.79. The van der Waals surface area contributed by atoms with Crippen LogP contribution in [0.4, 0.5) is 5.69 Å². The zero-order valence-electron chi connectivity index (χ0n) is 17.8. The highest BCUT2D eigenvalue weighted by Crippen LogP contribution is 2.38. The van der Waals surface area contributed by atoms with Gasteiger partial charge in [-0.2, -0.15) is 0 Å². The summed E-state index contributed by atoms with van der Waals surface area (Å²) in [6.45, 7) is 9.68. The molecule has 2 atom stereocenters. The number of anilines is 1. The lowest BCUT2D eigenvalue weighted by Gasteiger charge is -2.27. The fourth-order valence-corrected chi connectivity index (χ4v) is 4.34. The maximum atomic E-state index is 13.2. The third-order valence-electron chi connectivity index (χ3n) is 6.06. The van der Waals surface area contributed by atoms with E-state index in [9.17, 15) is 4.79 Å². The maximum Gasteiger partial charge on any atom is 0.255 e. The van der Waals surface area contributed by atoms with E-state index in [1.54, 1.807) is 6.20 Å². The second-order valence-electron chi connectivity index (χ2n) is 9.15. The number of pyridine rings is 2. The summed E-state index contributed by atoms with van der Waals surface area (Å²) in [5, 5.41) is 3.19. The zero-order valence-corrected chi connectivity index (χ0v) is 17.8. The van der Waals surface area contributed by atoms with E-state index in [-0.39, 0.29) is 17.5 Å². The molecule has 3 N–H and O–H groups in total. The molecule has 3 heterocycles. The molecule has 1 saturated carbocycles. The fourth-order valence-electron chi connectivity index (χ4n) is 4.34. The first-order chi connectivity index (χ1) is 13.7. The first-order valence-corrected chi connectivity index (χ1v) is 10.5. The van der Waals surface area contributed by atoms with Gasteiger partial charge < -0.3 is 16.0 Å². The molecule has 0 aromatic carbocycles. The summed E-state index contributed by atoms with van der Waals surface area (Å²) in [6.07, 6.45) is 6.83. The highest BCUT2D eigenvalue weighted by Gasteiger charge is 2.35. The number of aryl methyl sites for hydroxylation is 2. The third-order valence-corrected chi connectivity index (χ3v) is 6.06. The molecular formula is C23H31N5O. The van der Waals surface area contributed by atoms with E-state index < -0.39 is 0 Å². The van der Waals surface area contributed by atoms with Crippen LogP contribution in [0, 0.1) is 19.8 Å². The molecule has 154 valence electrons. The SMILES string of the molecule is Cc1cc(-c2cncc(C(=O)NC(C)C3CC3)c2N2CC[C@](C)(N)C2)cc(C)n1. The molecule has 1 unspecified atom stereocenters. The molecule has 0 radical (unpaired) electrons. The summed E-state index contributed by atoms with van der Waals surface area (Å²) in [5.41, 5.74) is 11.6. The molecule has 6 nitrogen and oxygen atoms in total. The van der Waals surface area contributed by atoms with Crippen molar-refractivity contribution in [2.24, 2.45) is 11.7 Å². The maximum absolute atomic E-state index is 13.2. The van der Waals surface area contributed by atoms with Crippen molar-refractivity contribution >= 4 is 11.6 Å². The average molecular weight is 394 g/mol. The minimum atomic E-state index is -0.264.